The predicted octanol–water partition coefficient (Wildman–Crippen LogP) is 2.15. The van der Waals surface area contributed by atoms with Crippen LogP contribution in [0.4, 0.5) is 5.69 Å². The molecule has 4 heterocycles. The van der Waals surface area contributed by atoms with Gasteiger partial charge in [-0.1, -0.05) is 12.1 Å². The van der Waals surface area contributed by atoms with Gasteiger partial charge in [-0.05, 0) is 25.3 Å². The van der Waals surface area contributed by atoms with E-state index < -0.39 is 0 Å². The number of carbonyl (C=O) groups is 2. The van der Waals surface area contributed by atoms with Crippen LogP contribution in [0, 0.1) is 5.92 Å². The minimum Gasteiger partial charge on any atom is -0.459 e. The fraction of sp³-hybridized carbons (Fsp3) is 0.476. The smallest absolute Gasteiger partial charge is 0.242 e. The molecule has 5 rings (SSSR count). The molecule has 29 heavy (non-hydrogen) atoms. The molecule has 152 valence electrons. The Bertz CT molecular complexity index is 982. The van der Waals surface area contributed by atoms with Gasteiger partial charge in [0.1, 0.15) is 12.5 Å². The first-order valence-corrected chi connectivity index (χ1v) is 10.1. The minimum absolute atomic E-state index is 0.163. The Kier molecular flexibility index (Phi) is 4.41. The van der Waals surface area contributed by atoms with Gasteiger partial charge in [0.25, 0.3) is 0 Å². The summed E-state index contributed by atoms with van der Waals surface area (Å²) in [5.74, 6) is -0.467. The molecule has 2 amide bonds. The van der Waals surface area contributed by atoms with Crippen molar-refractivity contribution in [3.05, 3.63) is 36.4 Å². The minimum atomic E-state index is -0.387. The van der Waals surface area contributed by atoms with Crippen LogP contribution in [0.3, 0.4) is 0 Å². The number of amides is 2. The summed E-state index contributed by atoms with van der Waals surface area (Å²) < 4.78 is 12.9. The van der Waals surface area contributed by atoms with Crippen molar-refractivity contribution in [1.29, 1.82) is 0 Å². The summed E-state index contributed by atoms with van der Waals surface area (Å²) in [5.41, 5.74) is 2.91. The van der Waals surface area contributed by atoms with Crippen molar-refractivity contribution in [3.63, 3.8) is 0 Å². The first-order valence-electron chi connectivity index (χ1n) is 10.1. The molecule has 2 aromatic rings. The van der Waals surface area contributed by atoms with E-state index in [1.807, 2.05) is 23.9 Å². The number of nitrogens with one attached hydrogen (secondary N) is 1. The highest BCUT2D eigenvalue weighted by Crippen LogP contribution is 2.36. The summed E-state index contributed by atoms with van der Waals surface area (Å²) >= 11 is 0. The number of imide groups is 1. The average molecular weight is 396 g/mol. The number of anilines is 1. The number of hydrogen-bond donors (Lipinski definition) is 1. The van der Waals surface area contributed by atoms with Gasteiger partial charge < -0.3 is 14.4 Å². The van der Waals surface area contributed by atoms with Crippen molar-refractivity contribution in [2.75, 3.05) is 18.0 Å². The van der Waals surface area contributed by atoms with Gasteiger partial charge in [-0.3, -0.25) is 19.6 Å². The van der Waals surface area contributed by atoms with Gasteiger partial charge in [0.2, 0.25) is 18.1 Å². The van der Waals surface area contributed by atoms with E-state index >= 15 is 0 Å². The topological polar surface area (TPSA) is 85.7 Å². The van der Waals surface area contributed by atoms with Crippen LogP contribution in [0.1, 0.15) is 37.3 Å². The van der Waals surface area contributed by atoms with E-state index in [0.29, 0.717) is 18.8 Å². The summed E-state index contributed by atoms with van der Waals surface area (Å²) in [6.07, 6.45) is 5.89. The molecule has 0 saturated carbocycles. The monoisotopic (exact) mass is 396 g/mol. The van der Waals surface area contributed by atoms with E-state index in [4.69, 9.17) is 14.6 Å². The fourth-order valence-electron chi connectivity index (χ4n) is 4.70. The molecule has 0 aliphatic carbocycles. The number of benzene rings is 1. The second kappa shape index (κ2) is 7.09. The maximum absolute atomic E-state index is 12.4. The Morgan fingerprint density at radius 1 is 1.10 bits per heavy atom. The molecule has 1 N–H and O–H groups in total. The molecule has 3 aliphatic heterocycles. The predicted molar refractivity (Wildman–Crippen MR) is 106 cm³/mol. The lowest BCUT2D eigenvalue weighted by Gasteiger charge is -2.35. The molecule has 8 heteroatoms. The lowest BCUT2D eigenvalue weighted by molar-refractivity contribution is -0.134. The third-order valence-electron chi connectivity index (χ3n) is 6.19. The molecule has 1 aromatic carbocycles. The van der Waals surface area contributed by atoms with Crippen LogP contribution in [0.15, 0.2) is 30.7 Å². The van der Waals surface area contributed by atoms with E-state index in [1.54, 1.807) is 12.5 Å². The highest BCUT2D eigenvalue weighted by atomic mass is 16.7. The average Bonchev–Trinajstić information content (AvgIpc) is 3.37. The van der Waals surface area contributed by atoms with Gasteiger partial charge in [0.15, 0.2) is 0 Å². The van der Waals surface area contributed by atoms with Crippen molar-refractivity contribution >= 4 is 28.4 Å². The van der Waals surface area contributed by atoms with Crippen LogP contribution in [0.5, 0.6) is 0 Å². The Morgan fingerprint density at radius 3 is 2.59 bits per heavy atom. The summed E-state index contributed by atoms with van der Waals surface area (Å²) in [7, 11) is 1.92. The molecule has 0 spiro atoms. The van der Waals surface area contributed by atoms with Crippen LogP contribution in [-0.4, -0.2) is 41.0 Å². The second-order valence-corrected chi connectivity index (χ2v) is 7.92. The van der Waals surface area contributed by atoms with Gasteiger partial charge >= 0.3 is 0 Å². The number of aryl methyl sites for hydroxylation is 1. The first-order chi connectivity index (χ1) is 14.1. The molecule has 0 radical (unpaired) electrons. The highest BCUT2D eigenvalue weighted by Gasteiger charge is 2.33. The summed E-state index contributed by atoms with van der Waals surface area (Å²) in [6.45, 7) is 1.82. The number of ether oxygens (including phenoxy) is 2. The van der Waals surface area contributed by atoms with E-state index in [0.717, 1.165) is 48.2 Å². The van der Waals surface area contributed by atoms with Crippen molar-refractivity contribution in [2.45, 2.75) is 37.9 Å². The van der Waals surface area contributed by atoms with Gasteiger partial charge in [0, 0.05) is 37.9 Å². The van der Waals surface area contributed by atoms with Gasteiger partial charge in [0.05, 0.1) is 22.8 Å². The summed E-state index contributed by atoms with van der Waals surface area (Å²) in [4.78, 5) is 26.3. The van der Waals surface area contributed by atoms with E-state index in [1.165, 1.54) is 0 Å². The van der Waals surface area contributed by atoms with E-state index in [9.17, 15) is 9.59 Å². The first kappa shape index (κ1) is 18.0. The van der Waals surface area contributed by atoms with Gasteiger partial charge in [-0.2, -0.15) is 5.10 Å². The quantitative estimate of drug-likeness (QED) is 0.801. The number of para-hydroxylation sites is 1. The molecule has 2 fully saturated rings. The maximum Gasteiger partial charge on any atom is 0.242 e. The van der Waals surface area contributed by atoms with E-state index in [-0.39, 0.29) is 24.0 Å². The molecule has 0 bridgehead atoms. The highest BCUT2D eigenvalue weighted by molar-refractivity contribution is 6.03. The van der Waals surface area contributed by atoms with Crippen LogP contribution in [0.25, 0.3) is 10.9 Å². The zero-order valence-electron chi connectivity index (χ0n) is 16.3. The summed E-state index contributed by atoms with van der Waals surface area (Å²) in [6, 6.07) is 6.15. The lowest BCUT2D eigenvalue weighted by atomic mass is 9.92. The lowest BCUT2D eigenvalue weighted by Crippen LogP contribution is -2.39. The Morgan fingerprint density at radius 2 is 1.86 bits per heavy atom. The maximum atomic E-state index is 12.4. The zero-order chi connectivity index (χ0) is 20.0. The molecule has 1 aromatic heterocycles. The second-order valence-electron chi connectivity index (χ2n) is 7.92. The van der Waals surface area contributed by atoms with Crippen LogP contribution in [-0.2, 0) is 26.1 Å². The molecule has 2 saturated heterocycles. The normalized spacial score (nSPS) is 23.3. The number of nitrogens with zero attached hydrogens (tertiary/aromatic N) is 3. The Balaban J connectivity index is 1.42. The van der Waals surface area contributed by atoms with Crippen molar-refractivity contribution < 1.29 is 19.1 Å². The number of hydrogen-bond acceptors (Lipinski definition) is 6. The number of carbonyl (C=O) groups excluding carboxylic acids is 2. The molecule has 1 unspecified atom stereocenters. The largest absolute Gasteiger partial charge is 0.459 e. The van der Waals surface area contributed by atoms with Crippen LogP contribution in [0.2, 0.25) is 0 Å². The number of rotatable bonds is 3. The summed E-state index contributed by atoms with van der Waals surface area (Å²) in [5, 5.41) is 8.12. The molecular formula is C21H24N4O4. The molecule has 1 atom stereocenters. The third-order valence-corrected chi connectivity index (χ3v) is 6.19. The van der Waals surface area contributed by atoms with Crippen molar-refractivity contribution in [3.8, 4) is 0 Å². The van der Waals surface area contributed by atoms with Gasteiger partial charge in [-0.15, -0.1) is 0 Å². The van der Waals surface area contributed by atoms with Crippen molar-refractivity contribution in [2.24, 2.45) is 13.0 Å². The Labute approximate surface area is 168 Å². The third kappa shape index (κ3) is 3.12. The molecule has 3 aliphatic rings. The van der Waals surface area contributed by atoms with Gasteiger partial charge in [-0.25, -0.2) is 0 Å². The van der Waals surface area contributed by atoms with Crippen LogP contribution >= 0.6 is 0 Å². The number of fused-ring (bicyclic) bond motifs is 1. The molecule has 8 nitrogen and oxygen atoms in total. The zero-order valence-corrected chi connectivity index (χ0v) is 16.3. The number of piperidine rings is 2. The standard InChI is InChI=1S/C21H24N4O4/c1-24-19-14(18(23-24)15-5-6-17(26)22-20(15)27)3-2-4-16(19)25-9-7-13(8-10-25)21-28-11-12-29-21/h2-4,11-13,15,21H,5-10H2,1H3,(H,22,26,27). The SMILES string of the molecule is Cn1nc(C2CCC(=O)NC2=O)c2cccc(N3CCC(C4OC=CO4)CC3)c21. The van der Waals surface area contributed by atoms with Crippen molar-refractivity contribution in [1.82, 2.24) is 15.1 Å². The fourth-order valence-corrected chi connectivity index (χ4v) is 4.70. The van der Waals surface area contributed by atoms with E-state index in [2.05, 4.69) is 16.3 Å². The molecular weight excluding hydrogens is 372 g/mol. The van der Waals surface area contributed by atoms with Crippen LogP contribution < -0.4 is 10.2 Å². The number of aromatic nitrogens is 2. The Hall–Kier alpha value is -3.03.